The maximum atomic E-state index is 12.8. The number of carbonyl (C=O) groups excluding carboxylic acids is 1. The standard InChI is InChI=1S/C22H29N5O3S/c1-16-19-11-12-20(28)27(14-17-8-5-4-6-9-17)22(19)24-21(23-16)18-10-7-13-26(15-18)31(29,30)25(2)3/h4-6,8-9,18H,7,10-15H2,1-3H3. The molecule has 1 aromatic heterocycles. The van der Waals surface area contributed by atoms with Crippen LogP contribution in [0.2, 0.25) is 0 Å². The number of carbonyl (C=O) groups is 1. The van der Waals surface area contributed by atoms with Gasteiger partial charge >= 0.3 is 0 Å². The highest BCUT2D eigenvalue weighted by molar-refractivity contribution is 7.86. The van der Waals surface area contributed by atoms with Crippen molar-refractivity contribution in [3.8, 4) is 0 Å². The number of hydrogen-bond donors (Lipinski definition) is 0. The summed E-state index contributed by atoms with van der Waals surface area (Å²) in [5, 5.41) is 0. The van der Waals surface area contributed by atoms with Crippen molar-refractivity contribution in [2.45, 2.75) is 45.1 Å². The van der Waals surface area contributed by atoms with E-state index in [1.165, 1.54) is 8.61 Å². The molecule has 0 aliphatic carbocycles. The first-order valence-corrected chi connectivity index (χ1v) is 12.1. The van der Waals surface area contributed by atoms with Crippen LogP contribution in [0.1, 0.15) is 47.8 Å². The molecule has 0 spiro atoms. The Bertz CT molecular complexity index is 1070. The molecule has 0 radical (unpaired) electrons. The van der Waals surface area contributed by atoms with Gasteiger partial charge in [-0.3, -0.25) is 9.69 Å². The predicted molar refractivity (Wildman–Crippen MR) is 119 cm³/mol. The van der Waals surface area contributed by atoms with E-state index >= 15 is 0 Å². The summed E-state index contributed by atoms with van der Waals surface area (Å²) in [4.78, 5) is 24.1. The van der Waals surface area contributed by atoms with Crippen LogP contribution in [0.5, 0.6) is 0 Å². The molecule has 2 aliphatic rings. The number of fused-ring (bicyclic) bond motifs is 1. The minimum atomic E-state index is -3.48. The Balaban J connectivity index is 1.67. The van der Waals surface area contributed by atoms with Crippen molar-refractivity contribution in [2.75, 3.05) is 32.1 Å². The van der Waals surface area contributed by atoms with Gasteiger partial charge in [-0.2, -0.15) is 17.0 Å². The normalized spacial score (nSPS) is 20.2. The Kier molecular flexibility index (Phi) is 6.09. The monoisotopic (exact) mass is 443 g/mol. The van der Waals surface area contributed by atoms with E-state index in [1.807, 2.05) is 37.3 Å². The summed E-state index contributed by atoms with van der Waals surface area (Å²) < 4.78 is 28.0. The van der Waals surface area contributed by atoms with E-state index in [-0.39, 0.29) is 11.8 Å². The minimum Gasteiger partial charge on any atom is -0.292 e. The second-order valence-corrected chi connectivity index (χ2v) is 10.6. The zero-order chi connectivity index (χ0) is 22.2. The number of benzene rings is 1. The summed E-state index contributed by atoms with van der Waals surface area (Å²) in [6, 6.07) is 9.88. The molecular weight excluding hydrogens is 414 g/mol. The molecule has 0 bridgehead atoms. The average molecular weight is 444 g/mol. The first-order valence-electron chi connectivity index (χ1n) is 10.7. The molecule has 1 atom stereocenters. The number of nitrogens with zero attached hydrogens (tertiary/aromatic N) is 5. The summed E-state index contributed by atoms with van der Waals surface area (Å²) in [6.45, 7) is 3.27. The summed E-state index contributed by atoms with van der Waals surface area (Å²) in [5.74, 6) is 1.27. The second-order valence-electron chi connectivity index (χ2n) is 8.42. The van der Waals surface area contributed by atoms with E-state index < -0.39 is 10.2 Å². The lowest BCUT2D eigenvalue weighted by molar-refractivity contribution is -0.119. The molecule has 166 valence electrons. The number of amides is 1. The molecule has 1 amide bonds. The summed E-state index contributed by atoms with van der Waals surface area (Å²) in [6.07, 6.45) is 2.66. The Labute approximate surface area is 184 Å². The molecule has 1 saturated heterocycles. The van der Waals surface area contributed by atoms with Crippen LogP contribution in [0.3, 0.4) is 0 Å². The largest absolute Gasteiger partial charge is 0.292 e. The molecule has 0 N–H and O–H groups in total. The highest BCUT2D eigenvalue weighted by atomic mass is 32.2. The zero-order valence-electron chi connectivity index (χ0n) is 18.3. The smallest absolute Gasteiger partial charge is 0.281 e. The zero-order valence-corrected chi connectivity index (χ0v) is 19.1. The molecule has 4 rings (SSSR count). The third-order valence-corrected chi connectivity index (χ3v) is 7.98. The second kappa shape index (κ2) is 8.64. The first-order chi connectivity index (χ1) is 14.8. The Morgan fingerprint density at radius 2 is 1.87 bits per heavy atom. The van der Waals surface area contributed by atoms with Crippen LogP contribution >= 0.6 is 0 Å². The fraction of sp³-hybridized carbons (Fsp3) is 0.500. The van der Waals surface area contributed by atoms with Crippen LogP contribution in [0.15, 0.2) is 30.3 Å². The lowest BCUT2D eigenvalue weighted by Gasteiger charge is -2.34. The molecule has 0 saturated carbocycles. The highest BCUT2D eigenvalue weighted by Crippen LogP contribution is 2.33. The molecule has 1 aromatic carbocycles. The molecule has 1 fully saturated rings. The molecule has 2 aromatic rings. The van der Waals surface area contributed by atoms with Crippen molar-refractivity contribution in [2.24, 2.45) is 0 Å². The van der Waals surface area contributed by atoms with Gasteiger partial charge in [0.1, 0.15) is 11.6 Å². The van der Waals surface area contributed by atoms with E-state index in [0.717, 1.165) is 29.7 Å². The van der Waals surface area contributed by atoms with Crippen LogP contribution in [0.4, 0.5) is 5.82 Å². The fourth-order valence-corrected chi connectivity index (χ4v) is 5.50. The molecule has 31 heavy (non-hydrogen) atoms. The number of aromatic nitrogens is 2. The number of aryl methyl sites for hydroxylation is 1. The highest BCUT2D eigenvalue weighted by Gasteiger charge is 2.34. The third kappa shape index (κ3) is 4.35. The third-order valence-electron chi connectivity index (χ3n) is 6.08. The van der Waals surface area contributed by atoms with Crippen LogP contribution in [0.25, 0.3) is 0 Å². The van der Waals surface area contributed by atoms with Crippen LogP contribution in [0, 0.1) is 6.92 Å². The molecule has 1 unspecified atom stereocenters. The predicted octanol–water partition coefficient (Wildman–Crippen LogP) is 2.25. The van der Waals surface area contributed by atoms with Gasteiger partial charge in [0.05, 0.1) is 6.54 Å². The molecule has 2 aliphatic heterocycles. The van der Waals surface area contributed by atoms with Gasteiger partial charge in [-0.05, 0) is 31.7 Å². The average Bonchev–Trinajstić information content (AvgIpc) is 2.76. The van der Waals surface area contributed by atoms with Gasteiger partial charge in [0.15, 0.2) is 0 Å². The molecule has 8 nitrogen and oxygen atoms in total. The number of rotatable bonds is 5. The van der Waals surface area contributed by atoms with Crippen LogP contribution < -0.4 is 4.90 Å². The maximum Gasteiger partial charge on any atom is 0.281 e. The van der Waals surface area contributed by atoms with Gasteiger partial charge in [-0.1, -0.05) is 30.3 Å². The van der Waals surface area contributed by atoms with Crippen molar-refractivity contribution >= 4 is 21.9 Å². The van der Waals surface area contributed by atoms with E-state index in [4.69, 9.17) is 9.97 Å². The van der Waals surface area contributed by atoms with Gasteiger partial charge in [0, 0.05) is 50.8 Å². The first kappa shape index (κ1) is 21.9. The topological polar surface area (TPSA) is 86.7 Å². The van der Waals surface area contributed by atoms with Crippen molar-refractivity contribution in [3.63, 3.8) is 0 Å². The maximum absolute atomic E-state index is 12.8. The summed E-state index contributed by atoms with van der Waals surface area (Å²) >= 11 is 0. The molecular formula is C22H29N5O3S. The van der Waals surface area contributed by atoms with E-state index in [0.29, 0.717) is 44.1 Å². The van der Waals surface area contributed by atoms with Crippen molar-refractivity contribution in [3.05, 3.63) is 53.0 Å². The number of anilines is 1. The van der Waals surface area contributed by atoms with Gasteiger partial charge in [-0.25, -0.2) is 9.97 Å². The van der Waals surface area contributed by atoms with E-state index in [2.05, 4.69) is 0 Å². The Morgan fingerprint density at radius 3 is 2.58 bits per heavy atom. The van der Waals surface area contributed by atoms with Crippen molar-refractivity contribution in [1.82, 2.24) is 18.6 Å². The lowest BCUT2D eigenvalue weighted by atomic mass is 9.97. The van der Waals surface area contributed by atoms with Gasteiger partial charge in [0.2, 0.25) is 5.91 Å². The molecule has 3 heterocycles. The number of hydrogen-bond acceptors (Lipinski definition) is 5. The molecule has 9 heteroatoms. The Morgan fingerprint density at radius 1 is 1.13 bits per heavy atom. The van der Waals surface area contributed by atoms with Crippen LogP contribution in [-0.4, -0.2) is 60.1 Å². The minimum absolute atomic E-state index is 0.0564. The Hall–Kier alpha value is -2.36. The van der Waals surface area contributed by atoms with E-state index in [1.54, 1.807) is 19.0 Å². The van der Waals surface area contributed by atoms with E-state index in [9.17, 15) is 13.2 Å². The lowest BCUT2D eigenvalue weighted by Crippen LogP contribution is -2.45. The van der Waals surface area contributed by atoms with Gasteiger partial charge in [0.25, 0.3) is 10.2 Å². The van der Waals surface area contributed by atoms with Crippen LogP contribution in [-0.2, 0) is 28.0 Å². The summed E-state index contributed by atoms with van der Waals surface area (Å²) in [5.41, 5.74) is 2.92. The van der Waals surface area contributed by atoms with Gasteiger partial charge < -0.3 is 0 Å². The van der Waals surface area contributed by atoms with Crippen molar-refractivity contribution < 1.29 is 13.2 Å². The van der Waals surface area contributed by atoms with Gasteiger partial charge in [-0.15, -0.1) is 0 Å². The quantitative estimate of drug-likeness (QED) is 0.707. The SMILES string of the molecule is Cc1nc(C2CCCN(S(=O)(=O)N(C)C)C2)nc2c1CCC(=O)N2Cc1ccccc1. The summed E-state index contributed by atoms with van der Waals surface area (Å²) in [7, 11) is -0.388. The van der Waals surface area contributed by atoms with Crippen molar-refractivity contribution in [1.29, 1.82) is 0 Å². The fourth-order valence-electron chi connectivity index (χ4n) is 4.31. The number of piperidine rings is 1.